The van der Waals surface area contributed by atoms with Gasteiger partial charge >= 0.3 is 6.09 Å². The lowest BCUT2D eigenvalue weighted by atomic mass is 9.93. The molecule has 1 aliphatic rings. The van der Waals surface area contributed by atoms with Gasteiger partial charge in [-0.1, -0.05) is 59.3 Å². The van der Waals surface area contributed by atoms with E-state index in [1.165, 1.54) is 0 Å². The van der Waals surface area contributed by atoms with E-state index in [4.69, 9.17) is 21.1 Å². The van der Waals surface area contributed by atoms with E-state index in [2.05, 4.69) is 10.3 Å². The van der Waals surface area contributed by atoms with Crippen molar-refractivity contribution in [1.82, 2.24) is 19.9 Å². The standard InChI is InChI=1S/C23H25ClN4O4/c24-20-9-4-5-10-21(20)31-15-19-13-28(26-25-19)17-23(30)11-6-12-27(16-23)22(29)32-14-18-7-2-1-3-8-18/h1-5,7-10,13,30H,6,11-12,14-17H2. The van der Waals surface area contributed by atoms with Crippen molar-refractivity contribution in [3.8, 4) is 5.75 Å². The summed E-state index contributed by atoms with van der Waals surface area (Å²) in [6.45, 7) is 1.34. The molecule has 1 aromatic heterocycles. The van der Waals surface area contributed by atoms with Gasteiger partial charge in [-0.3, -0.25) is 0 Å². The van der Waals surface area contributed by atoms with Crippen LogP contribution in [0, 0.1) is 0 Å². The molecule has 1 saturated heterocycles. The third-order valence-corrected chi connectivity index (χ3v) is 5.59. The smallest absolute Gasteiger partial charge is 0.410 e. The molecule has 1 atom stereocenters. The van der Waals surface area contributed by atoms with Gasteiger partial charge in [0.1, 0.15) is 30.3 Å². The minimum atomic E-state index is -1.11. The van der Waals surface area contributed by atoms with E-state index in [0.717, 1.165) is 5.56 Å². The Morgan fingerprint density at radius 1 is 1.12 bits per heavy atom. The lowest BCUT2D eigenvalue weighted by molar-refractivity contribution is -0.0441. The number of aromatic nitrogens is 3. The summed E-state index contributed by atoms with van der Waals surface area (Å²) in [4.78, 5) is 14.0. The van der Waals surface area contributed by atoms with Crippen molar-refractivity contribution in [3.63, 3.8) is 0 Å². The molecule has 3 aromatic rings. The maximum Gasteiger partial charge on any atom is 0.410 e. The third kappa shape index (κ3) is 5.77. The molecule has 9 heteroatoms. The van der Waals surface area contributed by atoms with Gasteiger partial charge in [0.05, 0.1) is 24.3 Å². The second-order valence-electron chi connectivity index (χ2n) is 7.92. The summed E-state index contributed by atoms with van der Waals surface area (Å²) in [6.07, 6.45) is 2.52. The van der Waals surface area contributed by atoms with Gasteiger partial charge in [-0.25, -0.2) is 9.48 Å². The molecule has 4 rings (SSSR count). The molecular weight excluding hydrogens is 432 g/mol. The normalized spacial score (nSPS) is 18.4. The van der Waals surface area contributed by atoms with Gasteiger partial charge < -0.3 is 19.5 Å². The minimum absolute atomic E-state index is 0.173. The molecule has 0 bridgehead atoms. The van der Waals surface area contributed by atoms with E-state index in [1.807, 2.05) is 42.5 Å². The zero-order valence-corrected chi connectivity index (χ0v) is 18.3. The average Bonchev–Trinajstić information content (AvgIpc) is 3.24. The number of para-hydroxylation sites is 1. The fourth-order valence-electron chi connectivity index (χ4n) is 3.70. The number of benzene rings is 2. The van der Waals surface area contributed by atoms with Crippen molar-refractivity contribution in [1.29, 1.82) is 0 Å². The lowest BCUT2D eigenvalue weighted by Crippen LogP contribution is -2.52. The Bertz CT molecular complexity index is 1050. The Balaban J connectivity index is 1.30. The van der Waals surface area contributed by atoms with E-state index in [0.29, 0.717) is 35.9 Å². The summed E-state index contributed by atoms with van der Waals surface area (Å²) in [5, 5.41) is 19.8. The Labute approximate surface area is 191 Å². The molecule has 0 radical (unpaired) electrons. The van der Waals surface area contributed by atoms with Crippen LogP contribution in [0.5, 0.6) is 5.75 Å². The van der Waals surface area contributed by atoms with Crippen LogP contribution in [0.3, 0.4) is 0 Å². The van der Waals surface area contributed by atoms with Gasteiger partial charge in [0.15, 0.2) is 0 Å². The Morgan fingerprint density at radius 2 is 1.91 bits per heavy atom. The summed E-state index contributed by atoms with van der Waals surface area (Å²) < 4.78 is 12.7. The first-order chi connectivity index (χ1) is 15.5. The number of carbonyl (C=O) groups excluding carboxylic acids is 1. The van der Waals surface area contributed by atoms with Gasteiger partial charge in [0, 0.05) is 6.54 Å². The monoisotopic (exact) mass is 456 g/mol. The predicted molar refractivity (Wildman–Crippen MR) is 118 cm³/mol. The summed E-state index contributed by atoms with van der Waals surface area (Å²) in [5.74, 6) is 0.569. The minimum Gasteiger partial charge on any atom is -0.486 e. The number of β-amino-alcohol motifs (C(OH)–C–C–N with tert-alkyl or cyclic N) is 1. The Morgan fingerprint density at radius 3 is 2.72 bits per heavy atom. The molecule has 1 N–H and O–H groups in total. The predicted octanol–water partition coefficient (Wildman–Crippen LogP) is 3.67. The molecule has 1 amide bonds. The van der Waals surface area contributed by atoms with Crippen molar-refractivity contribution in [2.45, 2.75) is 38.2 Å². The van der Waals surface area contributed by atoms with E-state index >= 15 is 0 Å². The number of aliphatic hydroxyl groups is 1. The van der Waals surface area contributed by atoms with Gasteiger partial charge in [-0.2, -0.15) is 0 Å². The number of ether oxygens (including phenoxy) is 2. The molecule has 1 aliphatic heterocycles. The topological polar surface area (TPSA) is 89.7 Å². The van der Waals surface area contributed by atoms with Crippen LogP contribution in [0.2, 0.25) is 5.02 Å². The van der Waals surface area contributed by atoms with Crippen LogP contribution < -0.4 is 4.74 Å². The first kappa shape index (κ1) is 22.1. The number of hydrogen-bond acceptors (Lipinski definition) is 6. The second-order valence-corrected chi connectivity index (χ2v) is 8.32. The highest BCUT2D eigenvalue weighted by molar-refractivity contribution is 6.32. The lowest BCUT2D eigenvalue weighted by Gasteiger charge is -2.38. The van der Waals surface area contributed by atoms with Crippen molar-refractivity contribution < 1.29 is 19.4 Å². The highest BCUT2D eigenvalue weighted by Gasteiger charge is 2.36. The Hall–Kier alpha value is -3.10. The van der Waals surface area contributed by atoms with Crippen LogP contribution in [-0.2, 0) is 24.5 Å². The number of amides is 1. The maximum absolute atomic E-state index is 12.5. The van der Waals surface area contributed by atoms with E-state index < -0.39 is 11.7 Å². The molecule has 168 valence electrons. The van der Waals surface area contributed by atoms with E-state index in [1.54, 1.807) is 27.9 Å². The molecule has 0 spiro atoms. The van der Waals surface area contributed by atoms with Gasteiger partial charge in [0.2, 0.25) is 0 Å². The van der Waals surface area contributed by atoms with Gasteiger partial charge in [-0.15, -0.1) is 5.10 Å². The largest absolute Gasteiger partial charge is 0.486 e. The van der Waals surface area contributed by atoms with E-state index in [9.17, 15) is 9.90 Å². The SMILES string of the molecule is O=C(OCc1ccccc1)N1CCCC(O)(Cn2cc(COc3ccccc3Cl)nn2)C1. The maximum atomic E-state index is 12.5. The molecule has 2 heterocycles. The first-order valence-corrected chi connectivity index (χ1v) is 10.8. The number of hydrogen-bond donors (Lipinski definition) is 1. The second kappa shape index (κ2) is 10.0. The quantitative estimate of drug-likeness (QED) is 0.583. The molecule has 1 unspecified atom stereocenters. The van der Waals surface area contributed by atoms with Crippen LogP contribution in [0.25, 0.3) is 0 Å². The summed E-state index contributed by atoms with van der Waals surface area (Å²) in [5.41, 5.74) is 0.421. The number of nitrogens with zero attached hydrogens (tertiary/aromatic N) is 4. The van der Waals surface area contributed by atoms with Crippen molar-refractivity contribution >= 4 is 17.7 Å². The van der Waals surface area contributed by atoms with Gasteiger partial charge in [-0.05, 0) is 30.5 Å². The number of piperidine rings is 1. The molecule has 0 saturated carbocycles. The number of carbonyl (C=O) groups is 1. The van der Waals surface area contributed by atoms with E-state index in [-0.39, 0.29) is 26.3 Å². The average molecular weight is 457 g/mol. The van der Waals surface area contributed by atoms with Crippen LogP contribution in [0.4, 0.5) is 4.79 Å². The molecular formula is C23H25ClN4O4. The number of likely N-dealkylation sites (tertiary alicyclic amines) is 1. The molecule has 32 heavy (non-hydrogen) atoms. The fraction of sp³-hybridized carbons (Fsp3) is 0.348. The Kier molecular flexibility index (Phi) is 6.92. The summed E-state index contributed by atoms with van der Waals surface area (Å²) >= 11 is 6.10. The zero-order valence-electron chi connectivity index (χ0n) is 17.6. The molecule has 1 fully saturated rings. The number of rotatable bonds is 7. The molecule has 0 aliphatic carbocycles. The highest BCUT2D eigenvalue weighted by Crippen LogP contribution is 2.25. The van der Waals surface area contributed by atoms with Crippen molar-refractivity contribution in [2.24, 2.45) is 0 Å². The first-order valence-electron chi connectivity index (χ1n) is 10.5. The fourth-order valence-corrected chi connectivity index (χ4v) is 3.90. The molecule has 8 nitrogen and oxygen atoms in total. The summed E-state index contributed by atoms with van der Waals surface area (Å²) in [7, 11) is 0. The van der Waals surface area contributed by atoms with Crippen LogP contribution >= 0.6 is 11.6 Å². The number of halogens is 1. The van der Waals surface area contributed by atoms with Crippen molar-refractivity contribution in [3.05, 3.63) is 77.1 Å². The molecule has 2 aromatic carbocycles. The van der Waals surface area contributed by atoms with Gasteiger partial charge in [0.25, 0.3) is 0 Å². The van der Waals surface area contributed by atoms with Crippen LogP contribution in [-0.4, -0.2) is 49.8 Å². The van der Waals surface area contributed by atoms with Crippen molar-refractivity contribution in [2.75, 3.05) is 13.1 Å². The highest BCUT2D eigenvalue weighted by atomic mass is 35.5. The summed E-state index contributed by atoms with van der Waals surface area (Å²) in [6, 6.07) is 16.7. The van der Waals surface area contributed by atoms with Crippen LogP contribution in [0.1, 0.15) is 24.1 Å². The third-order valence-electron chi connectivity index (χ3n) is 5.27. The zero-order chi connectivity index (χ0) is 22.4. The van der Waals surface area contributed by atoms with Crippen LogP contribution in [0.15, 0.2) is 60.8 Å².